The van der Waals surface area contributed by atoms with E-state index in [0.717, 1.165) is 32.0 Å². The molecule has 1 heterocycles. The third-order valence-electron chi connectivity index (χ3n) is 2.62. The quantitative estimate of drug-likeness (QED) is 0.786. The van der Waals surface area contributed by atoms with E-state index in [9.17, 15) is 4.79 Å². The van der Waals surface area contributed by atoms with Gasteiger partial charge >= 0.3 is 0 Å². The number of carbonyl (C=O) groups is 1. The highest BCUT2D eigenvalue weighted by Gasteiger charge is 2.19. The number of hydrogen-bond donors (Lipinski definition) is 2. The minimum atomic E-state index is 0.0700. The fraction of sp³-hybridized carbons (Fsp3) is 0.929. The zero-order valence-electron chi connectivity index (χ0n) is 12.5. The summed E-state index contributed by atoms with van der Waals surface area (Å²) in [6.45, 7) is 11.4. The molecule has 1 fully saturated rings. The van der Waals surface area contributed by atoms with Crippen LogP contribution in [0.3, 0.4) is 0 Å². The van der Waals surface area contributed by atoms with Crippen molar-refractivity contribution in [3.8, 4) is 0 Å². The van der Waals surface area contributed by atoms with Crippen LogP contribution >= 0.6 is 0 Å². The maximum atomic E-state index is 11.5. The summed E-state index contributed by atoms with van der Waals surface area (Å²) in [5.41, 5.74) is 5.37. The number of rotatable bonds is 5. The Hall–Kier alpha value is -0.610. The van der Waals surface area contributed by atoms with Gasteiger partial charge in [0.15, 0.2) is 0 Å². The molecule has 1 atom stereocenters. The number of hydrogen-bond acceptors (Lipinski definition) is 3. The van der Waals surface area contributed by atoms with Crippen molar-refractivity contribution in [1.82, 2.24) is 10.2 Å². The van der Waals surface area contributed by atoms with Gasteiger partial charge in [-0.25, -0.2) is 0 Å². The van der Waals surface area contributed by atoms with E-state index in [4.69, 9.17) is 5.73 Å². The maximum Gasteiger partial charge on any atom is 0.236 e. The molecule has 3 N–H and O–H groups in total. The van der Waals surface area contributed by atoms with E-state index >= 15 is 0 Å². The second-order valence-electron chi connectivity index (χ2n) is 5.57. The Kier molecular flexibility index (Phi) is 9.98. The third-order valence-corrected chi connectivity index (χ3v) is 2.62. The zero-order valence-corrected chi connectivity index (χ0v) is 12.5. The number of nitrogens with two attached hydrogens (primary N) is 1. The van der Waals surface area contributed by atoms with E-state index in [1.807, 2.05) is 4.90 Å². The van der Waals surface area contributed by atoms with Gasteiger partial charge in [-0.2, -0.15) is 0 Å². The Morgan fingerprint density at radius 1 is 1.44 bits per heavy atom. The second-order valence-corrected chi connectivity index (χ2v) is 5.57. The predicted octanol–water partition coefficient (Wildman–Crippen LogP) is 1.60. The number of amides is 1. The van der Waals surface area contributed by atoms with Gasteiger partial charge in [-0.15, -0.1) is 0 Å². The van der Waals surface area contributed by atoms with Gasteiger partial charge in [0.2, 0.25) is 5.91 Å². The van der Waals surface area contributed by atoms with Gasteiger partial charge in [-0.1, -0.05) is 27.7 Å². The van der Waals surface area contributed by atoms with E-state index in [0.29, 0.717) is 6.04 Å². The molecule has 1 unspecified atom stereocenters. The molecule has 108 valence electrons. The van der Waals surface area contributed by atoms with Crippen molar-refractivity contribution in [2.75, 3.05) is 26.2 Å². The second kappa shape index (κ2) is 10.3. The molecule has 18 heavy (non-hydrogen) atoms. The molecule has 0 aromatic carbocycles. The summed E-state index contributed by atoms with van der Waals surface area (Å²) in [7, 11) is 0. The molecule has 0 aromatic rings. The summed E-state index contributed by atoms with van der Waals surface area (Å²) in [6.07, 6.45) is 3.40. The first-order valence-corrected chi connectivity index (χ1v) is 7.22. The van der Waals surface area contributed by atoms with E-state index in [2.05, 4.69) is 33.0 Å². The molecule has 0 saturated carbocycles. The fourth-order valence-electron chi connectivity index (χ4n) is 1.90. The van der Waals surface area contributed by atoms with E-state index in [1.165, 1.54) is 12.8 Å². The number of nitrogens with one attached hydrogen (secondary N) is 1. The van der Waals surface area contributed by atoms with Gasteiger partial charge in [-0.05, 0) is 31.7 Å². The first-order valence-electron chi connectivity index (χ1n) is 7.22. The van der Waals surface area contributed by atoms with E-state index in [1.54, 1.807) is 0 Å². The van der Waals surface area contributed by atoms with Crippen molar-refractivity contribution in [3.63, 3.8) is 0 Å². The molecule has 1 rings (SSSR count). The topological polar surface area (TPSA) is 58.4 Å². The van der Waals surface area contributed by atoms with Gasteiger partial charge in [0, 0.05) is 19.1 Å². The SMILES string of the molecule is CC(C)C.CCCN(CC1CCCN1)C(=O)CN. The highest BCUT2D eigenvalue weighted by molar-refractivity contribution is 5.78. The van der Waals surface area contributed by atoms with Crippen LogP contribution in [0.25, 0.3) is 0 Å². The molecule has 0 radical (unpaired) electrons. The molecule has 0 aliphatic carbocycles. The lowest BCUT2D eigenvalue weighted by Gasteiger charge is -2.24. The lowest BCUT2D eigenvalue weighted by molar-refractivity contribution is -0.130. The molecule has 1 aliphatic heterocycles. The van der Waals surface area contributed by atoms with Crippen LogP contribution in [0.5, 0.6) is 0 Å². The Bertz CT molecular complexity index is 210. The summed E-state index contributed by atoms with van der Waals surface area (Å²) in [4.78, 5) is 13.3. The maximum absolute atomic E-state index is 11.5. The van der Waals surface area contributed by atoms with E-state index in [-0.39, 0.29) is 12.5 Å². The summed E-state index contributed by atoms with van der Waals surface area (Å²) >= 11 is 0. The first kappa shape index (κ1) is 17.4. The van der Waals surface area contributed by atoms with Gasteiger partial charge in [0.1, 0.15) is 0 Å². The largest absolute Gasteiger partial charge is 0.340 e. The van der Waals surface area contributed by atoms with Crippen molar-refractivity contribution in [3.05, 3.63) is 0 Å². The van der Waals surface area contributed by atoms with Crippen molar-refractivity contribution in [2.24, 2.45) is 11.7 Å². The Balaban J connectivity index is 0.000000631. The van der Waals surface area contributed by atoms with Crippen LogP contribution in [-0.4, -0.2) is 43.0 Å². The molecule has 0 aromatic heterocycles. The molecule has 4 nitrogen and oxygen atoms in total. The first-order chi connectivity index (χ1) is 8.51. The lowest BCUT2D eigenvalue weighted by atomic mass is 10.2. The average molecular weight is 257 g/mol. The van der Waals surface area contributed by atoms with Crippen molar-refractivity contribution in [2.45, 2.75) is 53.0 Å². The Morgan fingerprint density at radius 2 is 2.06 bits per heavy atom. The molecule has 1 amide bonds. The van der Waals surface area contributed by atoms with Crippen molar-refractivity contribution in [1.29, 1.82) is 0 Å². The average Bonchev–Trinajstić information content (AvgIpc) is 2.79. The summed E-state index contributed by atoms with van der Waals surface area (Å²) in [6, 6.07) is 0.483. The highest BCUT2D eigenvalue weighted by atomic mass is 16.2. The monoisotopic (exact) mass is 257 g/mol. The van der Waals surface area contributed by atoms with Crippen LogP contribution in [-0.2, 0) is 4.79 Å². The highest BCUT2D eigenvalue weighted by Crippen LogP contribution is 2.07. The summed E-state index contributed by atoms with van der Waals surface area (Å²) in [5.74, 6) is 0.903. The molecular formula is C14H31N3O. The van der Waals surface area contributed by atoms with Crippen LogP contribution < -0.4 is 11.1 Å². The smallest absolute Gasteiger partial charge is 0.236 e. The van der Waals surface area contributed by atoms with Gasteiger partial charge in [0.25, 0.3) is 0 Å². The molecule has 0 bridgehead atoms. The van der Waals surface area contributed by atoms with Crippen LogP contribution in [0.4, 0.5) is 0 Å². The number of carbonyl (C=O) groups excluding carboxylic acids is 1. The van der Waals surface area contributed by atoms with E-state index < -0.39 is 0 Å². The fourth-order valence-corrected chi connectivity index (χ4v) is 1.90. The van der Waals surface area contributed by atoms with Gasteiger partial charge in [-0.3, -0.25) is 4.79 Å². The van der Waals surface area contributed by atoms with Crippen molar-refractivity contribution < 1.29 is 4.79 Å². The minimum Gasteiger partial charge on any atom is -0.340 e. The van der Waals surface area contributed by atoms with Gasteiger partial charge < -0.3 is 16.0 Å². The zero-order chi connectivity index (χ0) is 14.0. The summed E-state index contributed by atoms with van der Waals surface area (Å²) in [5, 5.41) is 3.39. The Morgan fingerprint density at radius 3 is 2.44 bits per heavy atom. The molecule has 1 saturated heterocycles. The lowest BCUT2D eigenvalue weighted by Crippen LogP contribution is -2.43. The normalized spacial score (nSPS) is 18.4. The summed E-state index contributed by atoms with van der Waals surface area (Å²) < 4.78 is 0. The van der Waals surface area contributed by atoms with Gasteiger partial charge in [0.05, 0.1) is 6.54 Å². The Labute approximate surface area is 112 Å². The van der Waals surface area contributed by atoms with Crippen LogP contribution in [0.1, 0.15) is 47.0 Å². The minimum absolute atomic E-state index is 0.0700. The molecular weight excluding hydrogens is 226 g/mol. The third kappa shape index (κ3) is 8.48. The molecule has 4 heteroatoms. The van der Waals surface area contributed by atoms with Crippen molar-refractivity contribution >= 4 is 5.91 Å². The van der Waals surface area contributed by atoms with Crippen LogP contribution in [0, 0.1) is 5.92 Å². The van der Waals surface area contributed by atoms with Crippen LogP contribution in [0.15, 0.2) is 0 Å². The molecule has 1 aliphatic rings. The number of nitrogens with zero attached hydrogens (tertiary/aromatic N) is 1. The van der Waals surface area contributed by atoms with Crippen LogP contribution in [0.2, 0.25) is 0 Å². The standard InChI is InChI=1S/C10H21N3O.C4H10/c1-2-6-13(10(14)7-11)8-9-4-3-5-12-9;1-4(2)3/h9,12H,2-8,11H2,1H3;4H,1-3H3. The predicted molar refractivity (Wildman–Crippen MR) is 77.5 cm³/mol. The molecule has 0 spiro atoms.